The Hall–Kier alpha value is -2.15. The smallest absolute Gasteiger partial charge is 0.235 e. The Morgan fingerprint density at radius 2 is 1.85 bits per heavy atom. The van der Waals surface area contributed by atoms with Crippen LogP contribution in [-0.2, 0) is 20.4 Å². The molecule has 0 aliphatic rings. The summed E-state index contributed by atoms with van der Waals surface area (Å²) in [6.45, 7) is 6.21. The molecule has 0 aliphatic carbocycles. The molecule has 0 fully saturated rings. The third kappa shape index (κ3) is 7.54. The highest BCUT2D eigenvalue weighted by atomic mass is 32.2. The van der Waals surface area contributed by atoms with Crippen LogP contribution >= 0.6 is 0 Å². The van der Waals surface area contributed by atoms with Crippen LogP contribution in [0.5, 0.6) is 0 Å². The maximum Gasteiger partial charge on any atom is 0.235 e. The summed E-state index contributed by atoms with van der Waals surface area (Å²) in [4.78, 5) is 12.0. The first-order chi connectivity index (χ1) is 12.7. The van der Waals surface area contributed by atoms with Crippen molar-refractivity contribution in [2.75, 3.05) is 5.75 Å². The minimum atomic E-state index is -3.62. The number of amides is 1. The van der Waals surface area contributed by atoms with Gasteiger partial charge in [0.25, 0.3) is 0 Å². The van der Waals surface area contributed by atoms with Crippen LogP contribution in [0.1, 0.15) is 45.7 Å². The molecule has 27 heavy (non-hydrogen) atoms. The fourth-order valence-corrected chi connectivity index (χ4v) is 3.99. The Bertz CT molecular complexity index is 829. The first-order valence-electron chi connectivity index (χ1n) is 9.26. The van der Waals surface area contributed by atoms with E-state index in [4.69, 9.17) is 4.52 Å². The van der Waals surface area contributed by atoms with Gasteiger partial charge in [-0.05, 0) is 19.3 Å². The van der Waals surface area contributed by atoms with Crippen LogP contribution < -0.4 is 5.32 Å². The van der Waals surface area contributed by atoms with Gasteiger partial charge in [0.2, 0.25) is 5.91 Å². The zero-order chi connectivity index (χ0) is 19.9. The molecule has 0 radical (unpaired) electrons. The van der Waals surface area contributed by atoms with Crippen LogP contribution in [0, 0.1) is 5.92 Å². The molecule has 1 atom stereocenters. The summed E-state index contributed by atoms with van der Waals surface area (Å²) < 4.78 is 29.8. The molecule has 1 N–H and O–H groups in total. The second-order valence-electron chi connectivity index (χ2n) is 7.37. The highest BCUT2D eigenvalue weighted by Crippen LogP contribution is 2.20. The van der Waals surface area contributed by atoms with Crippen molar-refractivity contribution in [3.05, 3.63) is 42.1 Å². The lowest BCUT2D eigenvalue weighted by Gasteiger charge is -2.14. The first-order valence-corrected chi connectivity index (χ1v) is 11.1. The molecule has 0 aliphatic heterocycles. The number of benzene rings is 1. The molecule has 0 spiro atoms. The van der Waals surface area contributed by atoms with E-state index in [9.17, 15) is 13.2 Å². The summed E-state index contributed by atoms with van der Waals surface area (Å²) in [5.74, 6) is -0.215. The molecule has 1 unspecified atom stereocenters. The lowest BCUT2D eigenvalue weighted by atomic mass is 10.0. The third-order valence-corrected chi connectivity index (χ3v) is 5.60. The quantitative estimate of drug-likeness (QED) is 0.667. The van der Waals surface area contributed by atoms with E-state index in [1.165, 1.54) is 0 Å². The van der Waals surface area contributed by atoms with Crippen molar-refractivity contribution in [3.8, 4) is 11.3 Å². The molecular formula is C20H28N2O4S. The third-order valence-electron chi connectivity index (χ3n) is 4.16. The number of carbonyl (C=O) groups excluding carboxylic acids is 1. The summed E-state index contributed by atoms with van der Waals surface area (Å²) in [6.07, 6.45) is 2.94. The van der Waals surface area contributed by atoms with Gasteiger partial charge in [-0.25, -0.2) is 8.42 Å². The van der Waals surface area contributed by atoms with Crippen LogP contribution in [-0.4, -0.2) is 31.3 Å². The van der Waals surface area contributed by atoms with E-state index in [1.54, 1.807) is 6.07 Å². The summed E-state index contributed by atoms with van der Waals surface area (Å²) in [5, 5.41) is 6.58. The van der Waals surface area contributed by atoms with Gasteiger partial charge in [-0.1, -0.05) is 62.2 Å². The Balaban J connectivity index is 1.86. The van der Waals surface area contributed by atoms with Gasteiger partial charge in [-0.15, -0.1) is 0 Å². The van der Waals surface area contributed by atoms with Crippen LogP contribution in [0.25, 0.3) is 11.3 Å². The lowest BCUT2D eigenvalue weighted by molar-refractivity contribution is -0.119. The summed E-state index contributed by atoms with van der Waals surface area (Å²) in [6, 6.07) is 10.9. The monoisotopic (exact) mass is 392 g/mol. The van der Waals surface area contributed by atoms with Crippen molar-refractivity contribution < 1.29 is 17.7 Å². The largest absolute Gasteiger partial charge is 0.356 e. The van der Waals surface area contributed by atoms with Gasteiger partial charge in [0.1, 0.15) is 5.75 Å². The highest BCUT2D eigenvalue weighted by Gasteiger charge is 2.21. The van der Waals surface area contributed by atoms with E-state index >= 15 is 0 Å². The van der Waals surface area contributed by atoms with E-state index in [1.807, 2.05) is 37.3 Å². The van der Waals surface area contributed by atoms with Crippen molar-refractivity contribution in [2.45, 2.75) is 51.8 Å². The van der Waals surface area contributed by atoms with Gasteiger partial charge < -0.3 is 9.84 Å². The number of rotatable bonds is 10. The maximum atomic E-state index is 12.3. The van der Waals surface area contributed by atoms with Gasteiger partial charge in [0.05, 0.1) is 11.4 Å². The van der Waals surface area contributed by atoms with E-state index in [0.29, 0.717) is 17.4 Å². The highest BCUT2D eigenvalue weighted by molar-refractivity contribution is 7.91. The van der Waals surface area contributed by atoms with Crippen LogP contribution in [0.4, 0.5) is 0 Å². The van der Waals surface area contributed by atoms with Crippen molar-refractivity contribution in [2.24, 2.45) is 5.92 Å². The number of aromatic nitrogens is 1. The lowest BCUT2D eigenvalue weighted by Crippen LogP contribution is -2.37. The number of hydrogen-bond donors (Lipinski definition) is 1. The molecule has 148 valence electrons. The Morgan fingerprint density at radius 3 is 2.52 bits per heavy atom. The molecule has 7 heteroatoms. The molecule has 1 amide bonds. The van der Waals surface area contributed by atoms with Gasteiger partial charge in [-0.2, -0.15) is 0 Å². The number of sulfone groups is 1. The predicted molar refractivity (Wildman–Crippen MR) is 106 cm³/mol. The predicted octanol–water partition coefficient (Wildman–Crippen LogP) is 3.59. The zero-order valence-electron chi connectivity index (χ0n) is 16.1. The van der Waals surface area contributed by atoms with Crippen LogP contribution in [0.15, 0.2) is 40.9 Å². The molecular weight excluding hydrogens is 364 g/mol. The Morgan fingerprint density at radius 1 is 1.15 bits per heavy atom. The van der Waals surface area contributed by atoms with Crippen molar-refractivity contribution >= 4 is 15.7 Å². The summed E-state index contributed by atoms with van der Waals surface area (Å²) in [5.41, 5.74) is 1.12. The second kappa shape index (κ2) is 9.69. The van der Waals surface area contributed by atoms with Gasteiger partial charge in [0, 0.05) is 17.7 Å². The van der Waals surface area contributed by atoms with Crippen LogP contribution in [0.3, 0.4) is 0 Å². The molecule has 0 saturated carbocycles. The zero-order valence-corrected chi connectivity index (χ0v) is 17.0. The second-order valence-corrected chi connectivity index (χ2v) is 9.44. The molecule has 6 nitrogen and oxygen atoms in total. The number of hydrogen-bond acceptors (Lipinski definition) is 5. The molecule has 2 rings (SSSR count). The molecule has 0 saturated heterocycles. The Labute approximate surface area is 161 Å². The molecule has 1 heterocycles. The van der Waals surface area contributed by atoms with Crippen molar-refractivity contribution in [1.82, 2.24) is 10.5 Å². The van der Waals surface area contributed by atoms with Gasteiger partial charge in [-0.3, -0.25) is 4.79 Å². The van der Waals surface area contributed by atoms with Crippen LogP contribution in [0.2, 0.25) is 0 Å². The normalized spacial score (nSPS) is 12.9. The van der Waals surface area contributed by atoms with Crippen molar-refractivity contribution in [1.29, 1.82) is 0 Å². The fourth-order valence-electron chi connectivity index (χ4n) is 2.82. The minimum absolute atomic E-state index is 0.0387. The first kappa shape index (κ1) is 21.2. The standard InChI is InChI=1S/C20H28N2O4S/c1-15(2)8-7-9-16(3)21-20(23)14-27(24,25)13-18-12-19(26-22-18)17-10-5-4-6-11-17/h4-6,10-12,15-16H,7-9,13-14H2,1-3H3,(H,21,23). The average molecular weight is 393 g/mol. The molecule has 2 aromatic rings. The van der Waals surface area contributed by atoms with E-state index < -0.39 is 21.5 Å². The number of nitrogens with one attached hydrogen (secondary N) is 1. The summed E-state index contributed by atoms with van der Waals surface area (Å²) in [7, 11) is -3.62. The van der Waals surface area contributed by atoms with E-state index in [-0.39, 0.29) is 11.8 Å². The average Bonchev–Trinajstić information content (AvgIpc) is 3.02. The van der Waals surface area contributed by atoms with Crippen molar-refractivity contribution in [3.63, 3.8) is 0 Å². The maximum absolute atomic E-state index is 12.3. The van der Waals surface area contributed by atoms with E-state index in [0.717, 1.165) is 24.8 Å². The molecule has 1 aromatic carbocycles. The Kier molecular flexibility index (Phi) is 7.59. The molecule has 1 aromatic heterocycles. The SMILES string of the molecule is CC(C)CCCC(C)NC(=O)CS(=O)(=O)Cc1cc(-c2ccccc2)on1. The fraction of sp³-hybridized carbons (Fsp3) is 0.500. The number of nitrogens with zero attached hydrogens (tertiary/aromatic N) is 1. The van der Waals surface area contributed by atoms with E-state index in [2.05, 4.69) is 24.3 Å². The minimum Gasteiger partial charge on any atom is -0.356 e. The van der Waals surface area contributed by atoms with Gasteiger partial charge in [0.15, 0.2) is 15.6 Å². The molecule has 0 bridgehead atoms. The topological polar surface area (TPSA) is 89.3 Å². The number of carbonyl (C=O) groups is 1. The van der Waals surface area contributed by atoms with Gasteiger partial charge >= 0.3 is 0 Å². The summed E-state index contributed by atoms with van der Waals surface area (Å²) >= 11 is 0.